The number of hydrogen-bond donors (Lipinski definition) is 2. The molecule has 0 aliphatic carbocycles. The molecule has 0 aromatic heterocycles. The quantitative estimate of drug-likeness (QED) is 0.748. The summed E-state index contributed by atoms with van der Waals surface area (Å²) in [6.45, 7) is 10.7. The highest BCUT2D eigenvalue weighted by molar-refractivity contribution is 6.45. The van der Waals surface area contributed by atoms with Gasteiger partial charge in [0.1, 0.15) is 0 Å². The van der Waals surface area contributed by atoms with Crippen molar-refractivity contribution >= 4 is 13.0 Å². The second-order valence-electron chi connectivity index (χ2n) is 6.92. The molecule has 2 aliphatic rings. The van der Waals surface area contributed by atoms with E-state index < -0.39 is 0 Å². The minimum absolute atomic E-state index is 0.325. The summed E-state index contributed by atoms with van der Waals surface area (Å²) in [6, 6.07) is 0.337. The summed E-state index contributed by atoms with van der Waals surface area (Å²) in [7, 11) is -0.361. The largest absolute Gasteiger partial charge is 0.437 e. The molecule has 2 N–H and O–H groups in total. The van der Waals surface area contributed by atoms with E-state index in [1.54, 1.807) is 0 Å². The molecule has 2 saturated heterocycles. The van der Waals surface area contributed by atoms with Crippen molar-refractivity contribution in [3.8, 4) is 0 Å². The maximum absolute atomic E-state index is 12.6. The lowest BCUT2D eigenvalue weighted by Crippen LogP contribution is -2.56. The number of piperazine rings is 1. The molecule has 21 heavy (non-hydrogen) atoms. The Morgan fingerprint density at radius 2 is 2.00 bits per heavy atom. The van der Waals surface area contributed by atoms with Crippen molar-refractivity contribution in [2.75, 3.05) is 32.7 Å². The predicted octanol–water partition coefficient (Wildman–Crippen LogP) is 0.655. The molecule has 0 unspecified atom stereocenters. The van der Waals surface area contributed by atoms with Crippen LogP contribution in [0.25, 0.3) is 0 Å². The van der Waals surface area contributed by atoms with E-state index in [1.807, 2.05) is 6.82 Å². The summed E-state index contributed by atoms with van der Waals surface area (Å²) >= 11 is 0. The molecule has 2 fully saturated rings. The van der Waals surface area contributed by atoms with Crippen LogP contribution in [0.2, 0.25) is 6.82 Å². The zero-order valence-electron chi connectivity index (χ0n) is 13.7. The van der Waals surface area contributed by atoms with Crippen molar-refractivity contribution in [3.05, 3.63) is 0 Å². The topological polar surface area (TPSA) is 55.8 Å². The van der Waals surface area contributed by atoms with Gasteiger partial charge < -0.3 is 20.1 Å². The van der Waals surface area contributed by atoms with Gasteiger partial charge in [0, 0.05) is 32.1 Å². The Hall–Kier alpha value is -0.585. The van der Waals surface area contributed by atoms with Crippen molar-refractivity contribution in [1.82, 2.24) is 15.0 Å². The van der Waals surface area contributed by atoms with Gasteiger partial charge in [-0.05, 0) is 44.6 Å². The van der Waals surface area contributed by atoms with Gasteiger partial charge in [-0.15, -0.1) is 0 Å². The van der Waals surface area contributed by atoms with E-state index >= 15 is 0 Å². The van der Waals surface area contributed by atoms with Gasteiger partial charge in [-0.2, -0.15) is 0 Å². The van der Waals surface area contributed by atoms with Crippen molar-refractivity contribution in [2.45, 2.75) is 46.0 Å². The number of piperidine rings is 1. The molecule has 5 nitrogen and oxygen atoms in total. The molecule has 1 atom stereocenters. The van der Waals surface area contributed by atoms with Crippen molar-refractivity contribution in [1.29, 1.82) is 0 Å². The first-order chi connectivity index (χ1) is 9.99. The second kappa shape index (κ2) is 7.61. The maximum atomic E-state index is 12.6. The van der Waals surface area contributed by atoms with Crippen molar-refractivity contribution in [2.24, 2.45) is 11.8 Å². The zero-order valence-corrected chi connectivity index (χ0v) is 13.7. The summed E-state index contributed by atoms with van der Waals surface area (Å²) < 4.78 is 0. The average molecular weight is 295 g/mol. The molecule has 2 rings (SSSR count). The number of carbonyl (C=O) groups excluding carboxylic acids is 1. The van der Waals surface area contributed by atoms with Crippen LogP contribution in [0, 0.1) is 11.8 Å². The molecule has 0 spiro atoms. The van der Waals surface area contributed by atoms with Crippen LogP contribution in [0.3, 0.4) is 0 Å². The molecule has 0 bridgehead atoms. The van der Waals surface area contributed by atoms with E-state index in [0.717, 1.165) is 45.6 Å². The van der Waals surface area contributed by atoms with Crippen LogP contribution < -0.4 is 5.32 Å². The lowest BCUT2D eigenvalue weighted by molar-refractivity contribution is -0.136. The number of hydrogen-bond acceptors (Lipinski definition) is 4. The number of nitrogens with zero attached hydrogens (tertiary/aromatic N) is 2. The predicted molar refractivity (Wildman–Crippen MR) is 86.0 cm³/mol. The van der Waals surface area contributed by atoms with Gasteiger partial charge in [-0.1, -0.05) is 13.8 Å². The molecule has 2 heterocycles. The summed E-state index contributed by atoms with van der Waals surface area (Å²) in [5.41, 5.74) is 0. The highest BCUT2D eigenvalue weighted by atomic mass is 16.2. The van der Waals surface area contributed by atoms with E-state index in [-0.39, 0.29) is 7.05 Å². The first-order valence-electron chi connectivity index (χ1n) is 8.41. The van der Waals surface area contributed by atoms with Crippen LogP contribution in [0.5, 0.6) is 0 Å². The molecule has 0 radical (unpaired) electrons. The molecular weight excluding hydrogens is 265 g/mol. The Morgan fingerprint density at radius 1 is 1.33 bits per heavy atom. The Morgan fingerprint density at radius 3 is 2.57 bits per heavy atom. The fraction of sp³-hybridized carbons (Fsp3) is 0.933. The minimum Gasteiger partial charge on any atom is -0.437 e. The number of amides is 1. The summed E-state index contributed by atoms with van der Waals surface area (Å²) in [5, 5.41) is 13.0. The van der Waals surface area contributed by atoms with Crippen LogP contribution in [0.15, 0.2) is 0 Å². The zero-order chi connectivity index (χ0) is 15.4. The van der Waals surface area contributed by atoms with Crippen molar-refractivity contribution in [3.63, 3.8) is 0 Å². The highest BCUT2D eigenvalue weighted by Crippen LogP contribution is 2.23. The van der Waals surface area contributed by atoms with Crippen LogP contribution in [-0.4, -0.2) is 66.5 Å². The monoisotopic (exact) mass is 295 g/mol. The lowest BCUT2D eigenvalue weighted by Gasteiger charge is -2.40. The molecule has 1 amide bonds. The minimum atomic E-state index is -0.361. The average Bonchev–Trinajstić information content (AvgIpc) is 2.47. The first kappa shape index (κ1) is 16.8. The third-order valence-electron chi connectivity index (χ3n) is 5.01. The summed E-state index contributed by atoms with van der Waals surface area (Å²) in [4.78, 5) is 16.8. The van der Waals surface area contributed by atoms with Gasteiger partial charge in [0.2, 0.25) is 5.91 Å². The standard InChI is InChI=1S/C15H30BN3O2/c1-12(2)14-11-17-6-9-19(14)15(20)10-13-4-7-18(8-5-13)16(3)21/h12-14,17,21H,4-11H2,1-3H3/t14-/m1/s1. The third-order valence-corrected chi connectivity index (χ3v) is 5.01. The highest BCUT2D eigenvalue weighted by Gasteiger charge is 2.31. The fourth-order valence-corrected chi connectivity index (χ4v) is 3.53. The van der Waals surface area contributed by atoms with Crippen LogP contribution in [-0.2, 0) is 4.79 Å². The SMILES string of the molecule is CB(O)N1CCC(CC(=O)N2CCNC[C@@H]2C(C)C)CC1. The van der Waals surface area contributed by atoms with E-state index in [0.29, 0.717) is 30.2 Å². The molecule has 0 aromatic carbocycles. The van der Waals surface area contributed by atoms with Crippen LogP contribution in [0.4, 0.5) is 0 Å². The number of rotatable bonds is 4. The van der Waals surface area contributed by atoms with Gasteiger partial charge in [0.25, 0.3) is 0 Å². The lowest BCUT2D eigenvalue weighted by atomic mass is 9.80. The number of nitrogens with one attached hydrogen (secondary N) is 1. The van der Waals surface area contributed by atoms with Gasteiger partial charge in [-0.3, -0.25) is 4.79 Å². The summed E-state index contributed by atoms with van der Waals surface area (Å²) in [5.74, 6) is 1.31. The number of carbonyl (C=O) groups is 1. The molecule has 0 aromatic rings. The smallest absolute Gasteiger partial charge is 0.376 e. The summed E-state index contributed by atoms with van der Waals surface area (Å²) in [6.07, 6.45) is 2.72. The van der Waals surface area contributed by atoms with Gasteiger partial charge in [0.15, 0.2) is 0 Å². The Kier molecular flexibility index (Phi) is 6.08. The van der Waals surface area contributed by atoms with Crippen LogP contribution >= 0.6 is 0 Å². The fourth-order valence-electron chi connectivity index (χ4n) is 3.53. The molecule has 0 saturated carbocycles. The van der Waals surface area contributed by atoms with E-state index in [2.05, 4.69) is 28.9 Å². The van der Waals surface area contributed by atoms with Gasteiger partial charge in [0.05, 0.1) is 0 Å². The second-order valence-corrected chi connectivity index (χ2v) is 6.92. The molecule has 2 aliphatic heterocycles. The van der Waals surface area contributed by atoms with Crippen LogP contribution in [0.1, 0.15) is 33.1 Å². The Balaban J connectivity index is 1.83. The van der Waals surface area contributed by atoms with Gasteiger partial charge in [-0.25, -0.2) is 0 Å². The molecule has 6 heteroatoms. The first-order valence-corrected chi connectivity index (χ1v) is 8.41. The van der Waals surface area contributed by atoms with Gasteiger partial charge >= 0.3 is 7.05 Å². The van der Waals surface area contributed by atoms with E-state index in [4.69, 9.17) is 0 Å². The Bertz CT molecular complexity index is 344. The molecule has 120 valence electrons. The molecular formula is C15H30BN3O2. The normalized spacial score (nSPS) is 25.4. The third kappa shape index (κ3) is 4.44. The van der Waals surface area contributed by atoms with E-state index in [9.17, 15) is 9.82 Å². The maximum Gasteiger partial charge on any atom is 0.376 e. The van der Waals surface area contributed by atoms with E-state index in [1.165, 1.54) is 0 Å². The van der Waals surface area contributed by atoms with Crippen molar-refractivity contribution < 1.29 is 9.82 Å². The Labute approximate surface area is 129 Å².